The molecule has 0 aromatic carbocycles. The highest BCUT2D eigenvalue weighted by Gasteiger charge is 2.17. The first-order chi connectivity index (χ1) is 8.95. The number of hydrogen-bond acceptors (Lipinski definition) is 5. The molecule has 19 heavy (non-hydrogen) atoms. The number of aromatic nitrogens is 2. The fraction of sp³-hybridized carbons (Fsp3) is 0.273. The number of carbonyl (C=O) groups excluding carboxylic acids is 1. The number of carbonyl (C=O) groups is 2. The van der Waals surface area contributed by atoms with Crippen LogP contribution in [0.2, 0.25) is 0 Å². The maximum absolute atomic E-state index is 11.4. The Balaban J connectivity index is 2.88. The van der Waals surface area contributed by atoms with Crippen LogP contribution >= 0.6 is 11.8 Å². The number of carboxylic acids is 1. The zero-order chi connectivity index (χ0) is 14.4. The lowest BCUT2D eigenvalue weighted by Gasteiger charge is -2.06. The highest BCUT2D eigenvalue weighted by molar-refractivity contribution is 8.00. The molecule has 0 aliphatic heterocycles. The molecule has 0 aliphatic carbocycles. The number of rotatable bonds is 6. The standard InChI is InChI=1S/C11H13N3O4S/c1-3-4-12-7(15)5-19-9-8(10(16)17)6(2)13-11(18)14-9/h3H,1,4-5H2,2H3,(H,12,15)(H,16,17)(H,13,14,18). The van der Waals surface area contributed by atoms with Crippen molar-refractivity contribution in [1.29, 1.82) is 0 Å². The number of nitrogens with zero attached hydrogens (tertiary/aromatic N) is 1. The SMILES string of the molecule is C=CCNC(=O)CSc1nc(=O)[nH]c(C)c1C(=O)O. The molecule has 1 amide bonds. The summed E-state index contributed by atoms with van der Waals surface area (Å²) in [6.07, 6.45) is 1.53. The van der Waals surface area contributed by atoms with E-state index in [1.807, 2.05) is 0 Å². The summed E-state index contributed by atoms with van der Waals surface area (Å²) in [6, 6.07) is 0. The van der Waals surface area contributed by atoms with E-state index in [-0.39, 0.29) is 27.9 Å². The maximum atomic E-state index is 11.4. The molecule has 1 aromatic rings. The Morgan fingerprint density at radius 1 is 1.58 bits per heavy atom. The van der Waals surface area contributed by atoms with Crippen LogP contribution < -0.4 is 11.0 Å². The van der Waals surface area contributed by atoms with E-state index in [9.17, 15) is 14.4 Å². The summed E-state index contributed by atoms with van der Waals surface area (Å²) in [5.74, 6) is -1.51. The third-order valence-corrected chi connectivity index (χ3v) is 3.06. The summed E-state index contributed by atoms with van der Waals surface area (Å²) in [5.41, 5.74) is -0.529. The largest absolute Gasteiger partial charge is 0.478 e. The van der Waals surface area contributed by atoms with Gasteiger partial charge in [-0.15, -0.1) is 6.58 Å². The van der Waals surface area contributed by atoms with Crippen molar-refractivity contribution in [1.82, 2.24) is 15.3 Å². The predicted octanol–water partition coefficient (Wildman–Crippen LogP) is 0.171. The van der Waals surface area contributed by atoms with Crippen molar-refractivity contribution >= 4 is 23.6 Å². The smallest absolute Gasteiger partial charge is 0.346 e. The summed E-state index contributed by atoms with van der Waals surface area (Å²) >= 11 is 0.904. The van der Waals surface area contributed by atoms with E-state index in [4.69, 9.17) is 5.11 Å². The van der Waals surface area contributed by atoms with Gasteiger partial charge in [-0.05, 0) is 6.92 Å². The monoisotopic (exact) mass is 283 g/mol. The Morgan fingerprint density at radius 2 is 2.26 bits per heavy atom. The van der Waals surface area contributed by atoms with E-state index in [1.54, 1.807) is 0 Å². The van der Waals surface area contributed by atoms with Crippen molar-refractivity contribution in [3.05, 3.63) is 34.4 Å². The molecule has 1 aromatic heterocycles. The number of nitrogens with one attached hydrogen (secondary N) is 2. The second kappa shape index (κ2) is 6.74. The van der Waals surface area contributed by atoms with E-state index in [2.05, 4.69) is 21.9 Å². The van der Waals surface area contributed by atoms with Crippen LogP contribution in [0.4, 0.5) is 0 Å². The lowest BCUT2D eigenvalue weighted by molar-refractivity contribution is -0.118. The van der Waals surface area contributed by atoms with Crippen molar-refractivity contribution < 1.29 is 14.7 Å². The molecular formula is C11H13N3O4S. The van der Waals surface area contributed by atoms with E-state index >= 15 is 0 Å². The van der Waals surface area contributed by atoms with Gasteiger partial charge in [0.2, 0.25) is 5.91 Å². The van der Waals surface area contributed by atoms with Crippen molar-refractivity contribution in [2.24, 2.45) is 0 Å². The molecule has 3 N–H and O–H groups in total. The molecule has 0 saturated heterocycles. The Bertz CT molecular complexity index is 568. The number of H-pyrrole nitrogens is 1. The first-order valence-electron chi connectivity index (χ1n) is 5.30. The molecule has 7 nitrogen and oxygen atoms in total. The van der Waals surface area contributed by atoms with Gasteiger partial charge in [0, 0.05) is 12.2 Å². The molecule has 1 rings (SSSR count). The zero-order valence-corrected chi connectivity index (χ0v) is 11.0. The summed E-state index contributed by atoms with van der Waals surface area (Å²) < 4.78 is 0. The van der Waals surface area contributed by atoms with Gasteiger partial charge in [-0.2, -0.15) is 4.98 Å². The molecular weight excluding hydrogens is 270 g/mol. The van der Waals surface area contributed by atoms with Crippen molar-refractivity contribution in [3.63, 3.8) is 0 Å². The molecule has 0 unspecified atom stereocenters. The van der Waals surface area contributed by atoms with Gasteiger partial charge in [-0.1, -0.05) is 17.8 Å². The molecule has 0 atom stereocenters. The second-order valence-electron chi connectivity index (χ2n) is 3.53. The average Bonchev–Trinajstić information content (AvgIpc) is 2.32. The molecule has 0 spiro atoms. The van der Waals surface area contributed by atoms with Gasteiger partial charge in [-0.3, -0.25) is 4.79 Å². The van der Waals surface area contributed by atoms with Gasteiger partial charge in [-0.25, -0.2) is 9.59 Å². The number of hydrogen-bond donors (Lipinski definition) is 3. The van der Waals surface area contributed by atoms with Gasteiger partial charge in [0.05, 0.1) is 5.75 Å². The lowest BCUT2D eigenvalue weighted by atomic mass is 10.2. The Morgan fingerprint density at radius 3 is 2.84 bits per heavy atom. The van der Waals surface area contributed by atoms with E-state index in [0.29, 0.717) is 6.54 Å². The minimum atomic E-state index is -1.20. The molecule has 1 heterocycles. The molecule has 0 radical (unpaired) electrons. The predicted molar refractivity (Wildman–Crippen MR) is 70.5 cm³/mol. The van der Waals surface area contributed by atoms with Crippen LogP contribution in [0.15, 0.2) is 22.5 Å². The minimum absolute atomic E-state index is 0.0238. The van der Waals surface area contributed by atoms with Crippen LogP contribution in [0.3, 0.4) is 0 Å². The lowest BCUT2D eigenvalue weighted by Crippen LogP contribution is -2.25. The molecule has 8 heteroatoms. The topological polar surface area (TPSA) is 112 Å². The third kappa shape index (κ3) is 4.25. The van der Waals surface area contributed by atoms with Crippen molar-refractivity contribution in [2.45, 2.75) is 11.9 Å². The van der Waals surface area contributed by atoms with Crippen LogP contribution in [0.1, 0.15) is 16.1 Å². The number of aromatic amines is 1. The first kappa shape index (κ1) is 15.0. The van der Waals surface area contributed by atoms with Crippen molar-refractivity contribution in [2.75, 3.05) is 12.3 Å². The number of carboxylic acid groups (broad SMARTS) is 1. The fourth-order valence-corrected chi connectivity index (χ4v) is 2.19. The van der Waals surface area contributed by atoms with Crippen LogP contribution in [0.25, 0.3) is 0 Å². The fourth-order valence-electron chi connectivity index (χ4n) is 1.29. The maximum Gasteiger partial charge on any atom is 0.346 e. The zero-order valence-electron chi connectivity index (χ0n) is 10.2. The highest BCUT2D eigenvalue weighted by Crippen LogP contribution is 2.20. The summed E-state index contributed by atoms with van der Waals surface area (Å²) in [6.45, 7) is 5.25. The summed E-state index contributed by atoms with van der Waals surface area (Å²) in [5, 5.41) is 11.6. The number of amides is 1. The number of aryl methyl sites for hydroxylation is 1. The van der Waals surface area contributed by atoms with E-state index in [1.165, 1.54) is 13.0 Å². The Kier molecular flexibility index (Phi) is 5.31. The van der Waals surface area contributed by atoms with Gasteiger partial charge in [0.25, 0.3) is 0 Å². The normalized spacial score (nSPS) is 9.95. The van der Waals surface area contributed by atoms with E-state index in [0.717, 1.165) is 11.8 Å². The van der Waals surface area contributed by atoms with Crippen LogP contribution in [0.5, 0.6) is 0 Å². The molecule has 0 fully saturated rings. The molecule has 0 bridgehead atoms. The van der Waals surface area contributed by atoms with E-state index < -0.39 is 11.7 Å². The van der Waals surface area contributed by atoms with Crippen LogP contribution in [-0.2, 0) is 4.79 Å². The third-order valence-electron chi connectivity index (χ3n) is 2.08. The Hall–Kier alpha value is -2.09. The van der Waals surface area contributed by atoms with Crippen LogP contribution in [0, 0.1) is 6.92 Å². The molecule has 0 saturated carbocycles. The first-order valence-corrected chi connectivity index (χ1v) is 6.29. The molecule has 0 aliphatic rings. The van der Waals surface area contributed by atoms with Gasteiger partial charge >= 0.3 is 11.7 Å². The van der Waals surface area contributed by atoms with Crippen LogP contribution in [-0.4, -0.2) is 39.2 Å². The molecule has 102 valence electrons. The number of aromatic carboxylic acids is 1. The van der Waals surface area contributed by atoms with Gasteiger partial charge in [0.1, 0.15) is 10.6 Å². The van der Waals surface area contributed by atoms with Crippen molar-refractivity contribution in [3.8, 4) is 0 Å². The summed E-state index contributed by atoms with van der Waals surface area (Å²) in [4.78, 5) is 39.6. The quantitative estimate of drug-likeness (QED) is 0.390. The van der Waals surface area contributed by atoms with Gasteiger partial charge < -0.3 is 15.4 Å². The summed E-state index contributed by atoms with van der Waals surface area (Å²) in [7, 11) is 0. The minimum Gasteiger partial charge on any atom is -0.478 e. The second-order valence-corrected chi connectivity index (χ2v) is 4.50. The average molecular weight is 283 g/mol. The number of thioether (sulfide) groups is 1. The van der Waals surface area contributed by atoms with Gasteiger partial charge in [0.15, 0.2) is 0 Å². The Labute approximate surface area is 113 Å². The highest BCUT2D eigenvalue weighted by atomic mass is 32.2.